The molecular formula is C11H10BrF3N2O2. The highest BCUT2D eigenvalue weighted by Gasteiger charge is 2.42. The van der Waals surface area contributed by atoms with Crippen molar-refractivity contribution in [2.75, 3.05) is 6.54 Å². The van der Waals surface area contributed by atoms with E-state index in [-0.39, 0.29) is 6.54 Å². The summed E-state index contributed by atoms with van der Waals surface area (Å²) in [5.74, 6) is -3.09. The Kier molecular flexibility index (Phi) is 4.93. The minimum atomic E-state index is -5.04. The van der Waals surface area contributed by atoms with Crippen LogP contribution in [0.25, 0.3) is 0 Å². The number of benzene rings is 1. The molecule has 0 aromatic heterocycles. The smallest absolute Gasteiger partial charge is 0.368 e. The van der Waals surface area contributed by atoms with E-state index >= 15 is 0 Å². The first-order valence-electron chi connectivity index (χ1n) is 5.09. The van der Waals surface area contributed by atoms with Crippen molar-refractivity contribution in [2.45, 2.75) is 12.7 Å². The van der Waals surface area contributed by atoms with Gasteiger partial charge in [-0.15, -0.1) is 0 Å². The fourth-order valence-corrected chi connectivity index (χ4v) is 1.64. The highest BCUT2D eigenvalue weighted by Crippen LogP contribution is 2.20. The molecular weight excluding hydrogens is 329 g/mol. The summed E-state index contributed by atoms with van der Waals surface area (Å²) >= 11 is 3.18. The third-order valence-electron chi connectivity index (χ3n) is 2.16. The number of primary amides is 1. The number of amides is 2. The maximum Gasteiger partial charge on any atom is 0.471 e. The normalized spacial score (nSPS) is 11.2. The van der Waals surface area contributed by atoms with Crippen LogP contribution in [0, 0.1) is 0 Å². The number of hydrogen-bond acceptors (Lipinski definition) is 2. The number of halogens is 4. The first-order valence-corrected chi connectivity index (χ1v) is 5.88. The fraction of sp³-hybridized carbons (Fsp3) is 0.273. The summed E-state index contributed by atoms with van der Waals surface area (Å²) in [6, 6.07) is 6.33. The summed E-state index contributed by atoms with van der Waals surface area (Å²) in [6.45, 7) is -1.12. The molecule has 0 radical (unpaired) electrons. The van der Waals surface area contributed by atoms with Gasteiger partial charge in [-0.1, -0.05) is 28.1 Å². The number of nitrogens with zero attached hydrogens (tertiary/aromatic N) is 1. The van der Waals surface area contributed by atoms with E-state index in [1.165, 1.54) is 0 Å². The van der Waals surface area contributed by atoms with Gasteiger partial charge in [0.1, 0.15) is 0 Å². The SMILES string of the molecule is NC(=O)CN(Cc1ccc(Br)cc1)C(=O)C(F)(F)F. The fourth-order valence-electron chi connectivity index (χ4n) is 1.38. The highest BCUT2D eigenvalue weighted by molar-refractivity contribution is 9.10. The van der Waals surface area contributed by atoms with Gasteiger partial charge in [-0.3, -0.25) is 9.59 Å². The molecule has 8 heteroatoms. The quantitative estimate of drug-likeness (QED) is 0.910. The Balaban J connectivity index is 2.89. The Labute approximate surface area is 115 Å². The Morgan fingerprint density at radius 3 is 2.16 bits per heavy atom. The lowest BCUT2D eigenvalue weighted by Gasteiger charge is -2.22. The zero-order valence-electron chi connectivity index (χ0n) is 9.58. The standard InChI is InChI=1S/C11H10BrF3N2O2/c12-8-3-1-7(2-4-8)5-17(6-9(16)18)10(19)11(13,14)15/h1-4H,5-6H2,(H2,16,18). The van der Waals surface area contributed by atoms with Gasteiger partial charge < -0.3 is 10.6 Å². The van der Waals surface area contributed by atoms with Crippen LogP contribution >= 0.6 is 15.9 Å². The third kappa shape index (κ3) is 4.90. The summed E-state index contributed by atoms with van der Waals surface area (Å²) in [4.78, 5) is 22.3. The molecule has 4 nitrogen and oxygen atoms in total. The predicted octanol–water partition coefficient (Wildman–Crippen LogP) is 1.83. The van der Waals surface area contributed by atoms with Crippen LogP contribution in [0.4, 0.5) is 13.2 Å². The van der Waals surface area contributed by atoms with Gasteiger partial charge in [0.05, 0.1) is 6.54 Å². The molecule has 0 aliphatic carbocycles. The number of alkyl halides is 3. The van der Waals surface area contributed by atoms with E-state index in [1.807, 2.05) is 0 Å². The Morgan fingerprint density at radius 1 is 1.21 bits per heavy atom. The Hall–Kier alpha value is -1.57. The Bertz CT molecular complexity index is 474. The van der Waals surface area contributed by atoms with Gasteiger partial charge in [0.2, 0.25) is 5.91 Å². The predicted molar refractivity (Wildman–Crippen MR) is 64.8 cm³/mol. The monoisotopic (exact) mass is 338 g/mol. The molecule has 0 heterocycles. The number of rotatable bonds is 4. The zero-order valence-corrected chi connectivity index (χ0v) is 11.2. The first kappa shape index (κ1) is 15.5. The lowest BCUT2D eigenvalue weighted by atomic mass is 10.2. The largest absolute Gasteiger partial charge is 0.471 e. The van der Waals surface area contributed by atoms with Gasteiger partial charge in [-0.2, -0.15) is 13.2 Å². The topological polar surface area (TPSA) is 63.4 Å². The number of carbonyl (C=O) groups excluding carboxylic acids is 2. The second kappa shape index (κ2) is 6.05. The van der Waals surface area contributed by atoms with Crippen LogP contribution in [-0.4, -0.2) is 29.4 Å². The molecule has 1 aromatic carbocycles. The van der Waals surface area contributed by atoms with Crippen molar-refractivity contribution in [1.82, 2.24) is 4.90 Å². The van der Waals surface area contributed by atoms with Crippen molar-refractivity contribution < 1.29 is 22.8 Å². The molecule has 1 rings (SSSR count). The molecule has 19 heavy (non-hydrogen) atoms. The van der Waals surface area contributed by atoms with E-state index in [1.54, 1.807) is 24.3 Å². The maximum absolute atomic E-state index is 12.4. The molecule has 2 amide bonds. The van der Waals surface area contributed by atoms with Crippen LogP contribution in [0.15, 0.2) is 28.7 Å². The van der Waals surface area contributed by atoms with E-state index in [9.17, 15) is 22.8 Å². The molecule has 0 spiro atoms. The van der Waals surface area contributed by atoms with Crippen molar-refractivity contribution in [3.63, 3.8) is 0 Å². The average Bonchev–Trinajstić information content (AvgIpc) is 2.28. The van der Waals surface area contributed by atoms with Crippen molar-refractivity contribution in [1.29, 1.82) is 0 Å². The van der Waals surface area contributed by atoms with Crippen LogP contribution in [0.5, 0.6) is 0 Å². The molecule has 1 aromatic rings. The van der Waals surface area contributed by atoms with Crippen molar-refractivity contribution >= 4 is 27.7 Å². The molecule has 0 saturated heterocycles. The van der Waals surface area contributed by atoms with Crippen molar-refractivity contribution in [3.05, 3.63) is 34.3 Å². The van der Waals surface area contributed by atoms with Crippen molar-refractivity contribution in [3.8, 4) is 0 Å². The zero-order chi connectivity index (χ0) is 14.6. The number of carbonyl (C=O) groups is 2. The highest BCUT2D eigenvalue weighted by atomic mass is 79.9. The summed E-state index contributed by atoms with van der Waals surface area (Å²) in [7, 11) is 0. The van der Waals surface area contributed by atoms with Gasteiger partial charge in [-0.05, 0) is 17.7 Å². The molecule has 104 valence electrons. The van der Waals surface area contributed by atoms with E-state index in [0.717, 1.165) is 4.47 Å². The van der Waals surface area contributed by atoms with E-state index < -0.39 is 24.5 Å². The van der Waals surface area contributed by atoms with E-state index in [2.05, 4.69) is 15.9 Å². The molecule has 2 N–H and O–H groups in total. The lowest BCUT2D eigenvalue weighted by Crippen LogP contribution is -2.44. The molecule has 0 unspecified atom stereocenters. The van der Waals surface area contributed by atoms with E-state index in [0.29, 0.717) is 10.5 Å². The minimum absolute atomic E-state index is 0.339. The average molecular weight is 339 g/mol. The summed E-state index contributed by atoms with van der Waals surface area (Å²) in [6.07, 6.45) is -5.04. The number of nitrogens with two attached hydrogens (primary N) is 1. The van der Waals surface area contributed by atoms with Gasteiger partial charge in [0.15, 0.2) is 0 Å². The molecule has 0 aliphatic heterocycles. The maximum atomic E-state index is 12.4. The molecule has 0 saturated carbocycles. The second-order valence-corrected chi connectivity index (χ2v) is 4.67. The molecule has 0 aliphatic rings. The van der Waals surface area contributed by atoms with Crippen LogP contribution in [0.2, 0.25) is 0 Å². The van der Waals surface area contributed by atoms with Gasteiger partial charge in [0.25, 0.3) is 0 Å². The molecule has 0 atom stereocenters. The Morgan fingerprint density at radius 2 is 1.74 bits per heavy atom. The van der Waals surface area contributed by atoms with Crippen LogP contribution in [0.3, 0.4) is 0 Å². The van der Waals surface area contributed by atoms with Gasteiger partial charge in [-0.25, -0.2) is 0 Å². The van der Waals surface area contributed by atoms with Crippen LogP contribution < -0.4 is 5.73 Å². The van der Waals surface area contributed by atoms with Crippen LogP contribution in [0.1, 0.15) is 5.56 Å². The summed E-state index contributed by atoms with van der Waals surface area (Å²) < 4.78 is 37.8. The summed E-state index contributed by atoms with van der Waals surface area (Å²) in [5.41, 5.74) is 5.30. The third-order valence-corrected chi connectivity index (χ3v) is 2.69. The second-order valence-electron chi connectivity index (χ2n) is 3.75. The van der Waals surface area contributed by atoms with E-state index in [4.69, 9.17) is 5.73 Å². The van der Waals surface area contributed by atoms with Crippen molar-refractivity contribution in [2.24, 2.45) is 5.73 Å². The molecule has 0 bridgehead atoms. The number of hydrogen-bond donors (Lipinski definition) is 1. The molecule has 0 fully saturated rings. The lowest BCUT2D eigenvalue weighted by molar-refractivity contribution is -0.186. The first-order chi connectivity index (χ1) is 8.70. The minimum Gasteiger partial charge on any atom is -0.368 e. The van der Waals surface area contributed by atoms with Gasteiger partial charge >= 0.3 is 12.1 Å². The van der Waals surface area contributed by atoms with Gasteiger partial charge in [0, 0.05) is 11.0 Å². The van der Waals surface area contributed by atoms with Crippen LogP contribution in [-0.2, 0) is 16.1 Å². The summed E-state index contributed by atoms with van der Waals surface area (Å²) in [5, 5.41) is 0.